The molecule has 1 nitrogen and oxygen atoms in total. The Hall–Kier alpha value is -8.30. The second-order valence-electron chi connectivity index (χ2n) is 17.6. The first-order valence-corrected chi connectivity index (χ1v) is 23.9. The molecule has 0 saturated heterocycles. The number of para-hydroxylation sites is 1. The molecule has 1 aromatic heterocycles. The van der Waals surface area contributed by atoms with E-state index in [1.54, 1.807) is 0 Å². The van der Waals surface area contributed by atoms with Crippen molar-refractivity contribution in [1.82, 2.24) is 0 Å². The highest BCUT2D eigenvalue weighted by molar-refractivity contribution is 7.25. The third kappa shape index (κ3) is 6.52. The van der Waals surface area contributed by atoms with Crippen LogP contribution in [0, 0.1) is 0 Å². The molecular weight excluding hydrogens is 827 g/mol. The highest BCUT2D eigenvalue weighted by Gasteiger charge is 2.46. The SMILES string of the molecule is c1ccc(-c2cccc(-c3cccc(N(c4ccccc4)c4ccc5c(c4)sc4cc(C6(c7cccc(-c8ccccc8)c7)c7ccccc7-c7cc8ccccc8cc76)ccc45)c3)c2)cc1. The van der Waals surface area contributed by atoms with Crippen LogP contribution in [0.15, 0.2) is 261 Å². The molecule has 0 N–H and O–H groups in total. The molecule has 1 heterocycles. The molecule has 1 atom stereocenters. The van der Waals surface area contributed by atoms with E-state index in [4.69, 9.17) is 0 Å². The van der Waals surface area contributed by atoms with Crippen LogP contribution in [0.5, 0.6) is 0 Å². The number of hydrogen-bond donors (Lipinski definition) is 0. The summed E-state index contributed by atoms with van der Waals surface area (Å²) in [4.78, 5) is 2.39. The van der Waals surface area contributed by atoms with E-state index >= 15 is 0 Å². The summed E-state index contributed by atoms with van der Waals surface area (Å²) >= 11 is 1.89. The van der Waals surface area contributed by atoms with Gasteiger partial charge in [0.15, 0.2) is 0 Å². The van der Waals surface area contributed by atoms with Crippen molar-refractivity contribution < 1.29 is 0 Å². The maximum absolute atomic E-state index is 2.50. The number of fused-ring (bicyclic) bond motifs is 7. The van der Waals surface area contributed by atoms with Gasteiger partial charge in [-0.2, -0.15) is 0 Å². The molecule has 1 aliphatic carbocycles. The first kappa shape index (κ1) is 39.1. The third-order valence-electron chi connectivity index (χ3n) is 13.9. The van der Waals surface area contributed by atoms with Crippen LogP contribution in [0.3, 0.4) is 0 Å². The Kier molecular flexibility index (Phi) is 9.33. The molecule has 67 heavy (non-hydrogen) atoms. The summed E-state index contributed by atoms with van der Waals surface area (Å²) in [7, 11) is 0. The van der Waals surface area contributed by atoms with Gasteiger partial charge in [0, 0.05) is 37.2 Å². The zero-order chi connectivity index (χ0) is 44.3. The van der Waals surface area contributed by atoms with Crippen LogP contribution in [-0.2, 0) is 5.41 Å². The fourth-order valence-electron chi connectivity index (χ4n) is 10.8. The summed E-state index contributed by atoms with van der Waals surface area (Å²) in [5, 5.41) is 5.06. The highest BCUT2D eigenvalue weighted by Crippen LogP contribution is 2.58. The van der Waals surface area contributed by atoms with Crippen molar-refractivity contribution in [1.29, 1.82) is 0 Å². The van der Waals surface area contributed by atoms with E-state index in [2.05, 4.69) is 266 Å². The fraction of sp³-hybridized carbons (Fsp3) is 0.0154. The number of anilines is 3. The van der Waals surface area contributed by atoms with Crippen molar-refractivity contribution >= 4 is 59.3 Å². The first-order chi connectivity index (χ1) is 33.2. The van der Waals surface area contributed by atoms with E-state index in [0.29, 0.717) is 0 Å². The number of rotatable bonds is 8. The van der Waals surface area contributed by atoms with Gasteiger partial charge in [0.25, 0.3) is 0 Å². The van der Waals surface area contributed by atoms with Gasteiger partial charge in [-0.3, -0.25) is 0 Å². The van der Waals surface area contributed by atoms with Crippen LogP contribution in [0.2, 0.25) is 0 Å². The summed E-state index contributed by atoms with van der Waals surface area (Å²) in [6.45, 7) is 0. The molecule has 1 aliphatic rings. The van der Waals surface area contributed by atoms with Crippen molar-refractivity contribution in [2.75, 3.05) is 4.90 Å². The number of benzene rings is 11. The van der Waals surface area contributed by atoms with Crippen molar-refractivity contribution in [2.24, 2.45) is 0 Å². The molecule has 0 spiro atoms. The topological polar surface area (TPSA) is 3.24 Å². The molecule has 1 unspecified atom stereocenters. The molecule has 0 aliphatic heterocycles. The molecule has 0 bridgehead atoms. The maximum atomic E-state index is 2.50. The summed E-state index contributed by atoms with van der Waals surface area (Å²) in [5.74, 6) is 0. The lowest BCUT2D eigenvalue weighted by molar-refractivity contribution is 0.771. The maximum Gasteiger partial charge on any atom is 0.0714 e. The van der Waals surface area contributed by atoms with Crippen molar-refractivity contribution in [2.45, 2.75) is 5.41 Å². The van der Waals surface area contributed by atoms with Gasteiger partial charge in [0.05, 0.1) is 5.41 Å². The van der Waals surface area contributed by atoms with Crippen LogP contribution in [-0.4, -0.2) is 0 Å². The summed E-state index contributed by atoms with van der Waals surface area (Å²) < 4.78 is 2.54. The van der Waals surface area contributed by atoms with Crippen LogP contribution < -0.4 is 4.90 Å². The monoisotopic (exact) mass is 869 g/mol. The Morgan fingerprint density at radius 1 is 0.284 bits per heavy atom. The second kappa shape index (κ2) is 16.0. The standard InChI is InChI=1S/C65H43NS/c1-4-17-44(18-5-1)46-23-14-24-47(37-46)49-26-16-30-55(39-49)66(54-28-8-3-9-29-54)56-34-36-59-58-35-33-53(42-63(58)67-64(59)43-56)65(52-27-15-25-48(38-52)45-19-6-2-7-20-45)61-32-13-12-31-57(61)60-40-50-21-10-11-22-51(50)41-62(60)65/h1-43H. The Balaban J connectivity index is 0.973. The zero-order valence-corrected chi connectivity index (χ0v) is 37.5. The molecule has 0 radical (unpaired) electrons. The summed E-state index contributed by atoms with van der Waals surface area (Å²) in [5.41, 5.74) is 17.8. The predicted molar refractivity (Wildman–Crippen MR) is 285 cm³/mol. The lowest BCUT2D eigenvalue weighted by atomic mass is 9.67. The van der Waals surface area contributed by atoms with Crippen LogP contribution >= 0.6 is 11.3 Å². The van der Waals surface area contributed by atoms with E-state index < -0.39 is 5.41 Å². The van der Waals surface area contributed by atoms with E-state index in [1.165, 1.54) is 97.7 Å². The molecule has 314 valence electrons. The Bertz CT molecular complexity index is 3810. The van der Waals surface area contributed by atoms with E-state index in [9.17, 15) is 0 Å². The minimum Gasteiger partial charge on any atom is -0.310 e. The predicted octanol–water partition coefficient (Wildman–Crippen LogP) is 18.0. The normalized spacial score (nSPS) is 14.0. The lowest BCUT2D eigenvalue weighted by Gasteiger charge is -2.34. The number of hydrogen-bond acceptors (Lipinski definition) is 2. The van der Waals surface area contributed by atoms with Gasteiger partial charge in [-0.1, -0.05) is 194 Å². The smallest absolute Gasteiger partial charge is 0.0714 e. The van der Waals surface area contributed by atoms with Crippen molar-refractivity contribution in [3.8, 4) is 44.5 Å². The van der Waals surface area contributed by atoms with Crippen molar-refractivity contribution in [3.05, 3.63) is 283 Å². The Morgan fingerprint density at radius 2 is 0.791 bits per heavy atom. The van der Waals surface area contributed by atoms with E-state index in [0.717, 1.165) is 17.1 Å². The molecule has 0 fully saturated rings. The lowest BCUT2D eigenvalue weighted by Crippen LogP contribution is -2.28. The highest BCUT2D eigenvalue weighted by atomic mass is 32.1. The van der Waals surface area contributed by atoms with Gasteiger partial charge >= 0.3 is 0 Å². The number of thiophene rings is 1. The quantitative estimate of drug-likeness (QED) is 0.147. The average molecular weight is 870 g/mol. The van der Waals surface area contributed by atoms with Gasteiger partial charge < -0.3 is 4.90 Å². The number of nitrogens with zero attached hydrogens (tertiary/aromatic N) is 1. The minimum atomic E-state index is -0.550. The third-order valence-corrected chi connectivity index (χ3v) is 15.0. The van der Waals surface area contributed by atoms with Gasteiger partial charge in [-0.25, -0.2) is 0 Å². The zero-order valence-electron chi connectivity index (χ0n) is 36.7. The summed E-state index contributed by atoms with van der Waals surface area (Å²) in [6.07, 6.45) is 0. The van der Waals surface area contributed by atoms with Gasteiger partial charge in [-0.15, -0.1) is 11.3 Å². The molecule has 11 aromatic carbocycles. The second-order valence-corrected chi connectivity index (χ2v) is 18.7. The molecule has 2 heteroatoms. The largest absolute Gasteiger partial charge is 0.310 e. The van der Waals surface area contributed by atoms with Gasteiger partial charge in [-0.05, 0) is 144 Å². The molecule has 13 rings (SSSR count). The van der Waals surface area contributed by atoms with Crippen LogP contribution in [0.4, 0.5) is 17.1 Å². The van der Waals surface area contributed by atoms with Crippen LogP contribution in [0.1, 0.15) is 22.3 Å². The van der Waals surface area contributed by atoms with Gasteiger partial charge in [0.2, 0.25) is 0 Å². The minimum absolute atomic E-state index is 0.550. The summed E-state index contributed by atoms with van der Waals surface area (Å²) in [6, 6.07) is 96.4. The molecular formula is C65H43NS. The molecule has 12 aromatic rings. The first-order valence-electron chi connectivity index (χ1n) is 23.1. The van der Waals surface area contributed by atoms with Gasteiger partial charge in [0.1, 0.15) is 0 Å². The fourth-order valence-corrected chi connectivity index (χ4v) is 12.0. The van der Waals surface area contributed by atoms with Crippen molar-refractivity contribution in [3.63, 3.8) is 0 Å². The molecule has 0 amide bonds. The van der Waals surface area contributed by atoms with Crippen LogP contribution in [0.25, 0.3) is 75.5 Å². The molecule has 0 saturated carbocycles. The Morgan fingerprint density at radius 3 is 1.54 bits per heavy atom. The Labute approximate surface area is 395 Å². The average Bonchev–Trinajstić information content (AvgIpc) is 3.91. The van der Waals surface area contributed by atoms with E-state index in [1.807, 2.05) is 11.3 Å². The van der Waals surface area contributed by atoms with E-state index in [-0.39, 0.29) is 0 Å².